The van der Waals surface area contributed by atoms with Gasteiger partial charge in [-0.2, -0.15) is 12.6 Å². The first-order valence-corrected chi connectivity index (χ1v) is 12.2. The molecule has 34 heavy (non-hydrogen) atoms. The van der Waals surface area contributed by atoms with Crippen LogP contribution in [0.5, 0.6) is 0 Å². The highest BCUT2D eigenvalue weighted by Crippen LogP contribution is 2.12. The summed E-state index contributed by atoms with van der Waals surface area (Å²) in [4.78, 5) is 50.4. The Balaban J connectivity index is 3.16. The molecule has 1 aromatic rings. The lowest BCUT2D eigenvalue weighted by atomic mass is 9.96. The Labute approximate surface area is 207 Å². The quantitative estimate of drug-likeness (QED) is 0.213. The van der Waals surface area contributed by atoms with Crippen LogP contribution >= 0.6 is 12.6 Å². The molecular weight excluding hydrogens is 456 g/mol. The van der Waals surface area contributed by atoms with Crippen LogP contribution in [0.2, 0.25) is 0 Å². The minimum atomic E-state index is -1.14. The first kappa shape index (κ1) is 29.4. The lowest BCUT2D eigenvalue weighted by molar-refractivity contribution is -0.143. The van der Waals surface area contributed by atoms with E-state index in [9.17, 15) is 24.3 Å². The van der Waals surface area contributed by atoms with E-state index in [-0.39, 0.29) is 24.0 Å². The summed E-state index contributed by atoms with van der Waals surface area (Å²) < 4.78 is 0. The molecular formula is C24H38N4O5S. The predicted octanol–water partition coefficient (Wildman–Crippen LogP) is 1.12. The van der Waals surface area contributed by atoms with Crippen LogP contribution in [0.1, 0.15) is 46.1 Å². The molecule has 0 aliphatic rings. The smallest absolute Gasteiger partial charge is 0.326 e. The van der Waals surface area contributed by atoms with Crippen molar-refractivity contribution < 1.29 is 24.3 Å². The molecule has 6 unspecified atom stereocenters. The molecule has 0 aliphatic carbocycles. The summed E-state index contributed by atoms with van der Waals surface area (Å²) >= 11 is 4.03. The van der Waals surface area contributed by atoms with Gasteiger partial charge in [0, 0.05) is 12.2 Å². The van der Waals surface area contributed by atoms with Crippen molar-refractivity contribution in [2.45, 2.75) is 71.1 Å². The molecule has 9 nitrogen and oxygen atoms in total. The van der Waals surface area contributed by atoms with Gasteiger partial charge < -0.3 is 26.8 Å². The summed E-state index contributed by atoms with van der Waals surface area (Å²) in [5, 5.41) is 17.5. The first-order chi connectivity index (χ1) is 16.0. The summed E-state index contributed by atoms with van der Waals surface area (Å²) in [7, 11) is 0. The van der Waals surface area contributed by atoms with E-state index in [1.165, 1.54) is 0 Å². The second kappa shape index (κ2) is 14.6. The molecule has 0 aliphatic heterocycles. The van der Waals surface area contributed by atoms with Gasteiger partial charge in [0.15, 0.2) is 0 Å². The number of amides is 3. The number of benzene rings is 1. The molecule has 10 heteroatoms. The van der Waals surface area contributed by atoms with E-state index in [1.54, 1.807) is 6.92 Å². The molecule has 3 amide bonds. The van der Waals surface area contributed by atoms with Crippen molar-refractivity contribution in [2.24, 2.45) is 17.6 Å². The molecule has 190 valence electrons. The molecule has 0 radical (unpaired) electrons. The fraction of sp³-hybridized carbons (Fsp3) is 0.583. The Morgan fingerprint density at radius 2 is 1.41 bits per heavy atom. The van der Waals surface area contributed by atoms with Crippen molar-refractivity contribution >= 4 is 36.3 Å². The number of carbonyl (C=O) groups is 4. The van der Waals surface area contributed by atoms with Crippen LogP contribution in [0.15, 0.2) is 30.3 Å². The minimum absolute atomic E-state index is 0.117. The Kier molecular flexibility index (Phi) is 12.7. The number of hydrogen-bond acceptors (Lipinski definition) is 6. The van der Waals surface area contributed by atoms with Gasteiger partial charge in [-0.25, -0.2) is 4.79 Å². The number of nitrogens with two attached hydrogens (primary N) is 1. The third kappa shape index (κ3) is 8.98. The second-order valence-corrected chi connectivity index (χ2v) is 8.99. The third-order valence-electron chi connectivity index (χ3n) is 6.02. The van der Waals surface area contributed by atoms with Crippen molar-refractivity contribution in [2.75, 3.05) is 5.75 Å². The second-order valence-electron chi connectivity index (χ2n) is 8.62. The number of carboxylic acid groups (broad SMARTS) is 1. The summed E-state index contributed by atoms with van der Waals surface area (Å²) in [5.74, 6) is -3.22. The monoisotopic (exact) mass is 494 g/mol. The Morgan fingerprint density at radius 3 is 1.91 bits per heavy atom. The van der Waals surface area contributed by atoms with Gasteiger partial charge >= 0.3 is 5.97 Å². The van der Waals surface area contributed by atoms with Crippen molar-refractivity contribution in [1.82, 2.24) is 16.0 Å². The average Bonchev–Trinajstić information content (AvgIpc) is 2.83. The van der Waals surface area contributed by atoms with Crippen LogP contribution in [-0.4, -0.2) is 58.7 Å². The Bertz CT molecular complexity index is 823. The van der Waals surface area contributed by atoms with Crippen LogP contribution in [0.3, 0.4) is 0 Å². The van der Waals surface area contributed by atoms with Crippen LogP contribution < -0.4 is 21.7 Å². The number of carboxylic acids is 1. The third-order valence-corrected chi connectivity index (χ3v) is 6.41. The SMILES string of the molecule is CCC(C)C(NC(=O)C(Cc1ccccc1)NC(=O)C(NC(=O)C(N)CS)C(C)CC)C(=O)O. The number of aliphatic carboxylic acids is 1. The number of nitrogens with one attached hydrogen (secondary N) is 3. The molecule has 0 bridgehead atoms. The lowest BCUT2D eigenvalue weighted by Gasteiger charge is -2.28. The van der Waals surface area contributed by atoms with Crippen LogP contribution in [0.4, 0.5) is 0 Å². The van der Waals surface area contributed by atoms with Crippen LogP contribution in [0, 0.1) is 11.8 Å². The van der Waals surface area contributed by atoms with Gasteiger partial charge in [0.1, 0.15) is 18.1 Å². The van der Waals surface area contributed by atoms with Crippen molar-refractivity contribution in [3.63, 3.8) is 0 Å². The zero-order chi connectivity index (χ0) is 25.8. The molecule has 0 spiro atoms. The number of carbonyl (C=O) groups excluding carboxylic acids is 3. The average molecular weight is 495 g/mol. The molecule has 6 N–H and O–H groups in total. The molecule has 0 fully saturated rings. The summed E-state index contributed by atoms with van der Waals surface area (Å²) in [6.45, 7) is 7.27. The highest BCUT2D eigenvalue weighted by atomic mass is 32.1. The maximum Gasteiger partial charge on any atom is 0.326 e. The molecule has 1 rings (SSSR count). The molecule has 0 saturated carbocycles. The van der Waals surface area contributed by atoms with Gasteiger partial charge in [-0.05, 0) is 17.4 Å². The van der Waals surface area contributed by atoms with Gasteiger partial charge in [0.25, 0.3) is 0 Å². The topological polar surface area (TPSA) is 151 Å². The first-order valence-electron chi connectivity index (χ1n) is 11.6. The van der Waals surface area contributed by atoms with Crippen molar-refractivity contribution in [3.05, 3.63) is 35.9 Å². The van der Waals surface area contributed by atoms with Gasteiger partial charge in [-0.15, -0.1) is 0 Å². The van der Waals surface area contributed by atoms with E-state index < -0.39 is 47.9 Å². The number of rotatable bonds is 14. The fourth-order valence-corrected chi connectivity index (χ4v) is 3.47. The summed E-state index contributed by atoms with van der Waals surface area (Å²) in [6, 6.07) is 5.16. The van der Waals surface area contributed by atoms with Gasteiger partial charge in [0.05, 0.1) is 6.04 Å². The molecule has 1 aromatic carbocycles. The van der Waals surface area contributed by atoms with E-state index >= 15 is 0 Å². The van der Waals surface area contributed by atoms with Crippen LogP contribution in [-0.2, 0) is 25.6 Å². The van der Waals surface area contributed by atoms with Crippen LogP contribution in [0.25, 0.3) is 0 Å². The minimum Gasteiger partial charge on any atom is -0.480 e. The zero-order valence-electron chi connectivity index (χ0n) is 20.3. The van der Waals surface area contributed by atoms with E-state index in [4.69, 9.17) is 5.73 Å². The van der Waals surface area contributed by atoms with E-state index in [2.05, 4.69) is 28.6 Å². The summed E-state index contributed by atoms with van der Waals surface area (Å²) in [6.07, 6.45) is 1.31. The number of thiol groups is 1. The van der Waals surface area contributed by atoms with E-state index in [0.717, 1.165) is 5.56 Å². The summed E-state index contributed by atoms with van der Waals surface area (Å²) in [5.41, 5.74) is 6.53. The maximum absolute atomic E-state index is 13.2. The normalized spacial score (nSPS) is 16.3. The van der Waals surface area contributed by atoms with Gasteiger partial charge in [-0.3, -0.25) is 14.4 Å². The zero-order valence-corrected chi connectivity index (χ0v) is 21.2. The molecule has 0 saturated heterocycles. The maximum atomic E-state index is 13.2. The van der Waals surface area contributed by atoms with Crippen molar-refractivity contribution in [3.8, 4) is 0 Å². The highest BCUT2D eigenvalue weighted by molar-refractivity contribution is 7.80. The largest absolute Gasteiger partial charge is 0.480 e. The lowest BCUT2D eigenvalue weighted by Crippen LogP contribution is -2.59. The molecule has 6 atom stereocenters. The fourth-order valence-electron chi connectivity index (χ4n) is 3.30. The standard InChI is InChI=1S/C24H38N4O5S/c1-5-14(3)19(27-21(29)17(25)13-34)23(31)26-18(12-16-10-8-7-9-11-16)22(30)28-20(24(32)33)15(4)6-2/h7-11,14-15,17-20,34H,5-6,12-13,25H2,1-4H3,(H,26,31)(H,27,29)(H,28,30)(H,32,33). The van der Waals surface area contributed by atoms with Gasteiger partial charge in [0.2, 0.25) is 17.7 Å². The van der Waals surface area contributed by atoms with Crippen molar-refractivity contribution in [1.29, 1.82) is 0 Å². The Morgan fingerprint density at radius 1 is 0.882 bits per heavy atom. The highest BCUT2D eigenvalue weighted by Gasteiger charge is 2.33. The van der Waals surface area contributed by atoms with Gasteiger partial charge in [-0.1, -0.05) is 70.9 Å². The predicted molar refractivity (Wildman–Crippen MR) is 134 cm³/mol. The Hall–Kier alpha value is -2.59. The molecule has 0 heterocycles. The molecule has 0 aromatic heterocycles. The van der Waals surface area contributed by atoms with E-state index in [1.807, 2.05) is 51.1 Å². The number of hydrogen-bond donors (Lipinski definition) is 6. The van der Waals surface area contributed by atoms with E-state index in [0.29, 0.717) is 12.8 Å².